The number of Topliss-reactive ketones (excluding diaryl/α,β-unsaturated/α-hetero) is 1. The Bertz CT molecular complexity index is 326. The molecule has 0 aromatic heterocycles. The average Bonchev–Trinajstić information content (AvgIpc) is 2.97. The zero-order valence-corrected chi connectivity index (χ0v) is 7.44. The number of carbonyl (C=O) groups is 1. The molecule has 2 atom stereocenters. The van der Waals surface area contributed by atoms with Crippen molar-refractivity contribution in [1.29, 1.82) is 0 Å². The Morgan fingerprint density at radius 1 is 1.38 bits per heavy atom. The van der Waals surface area contributed by atoms with Crippen LogP contribution in [0.15, 0.2) is 43.0 Å². The van der Waals surface area contributed by atoms with E-state index in [2.05, 4.69) is 6.58 Å². The predicted molar refractivity (Wildman–Crippen MR) is 52.6 cm³/mol. The molecular weight excluding hydrogens is 160 g/mol. The molecule has 1 aliphatic rings. The SMILES string of the molecule is C=CC1CC1C(=O)c1ccccc1. The lowest BCUT2D eigenvalue weighted by atomic mass is 10.1. The maximum Gasteiger partial charge on any atom is 0.166 e. The van der Waals surface area contributed by atoms with Crippen LogP contribution in [0.1, 0.15) is 16.8 Å². The second-order valence-corrected chi connectivity index (χ2v) is 3.47. The van der Waals surface area contributed by atoms with Gasteiger partial charge >= 0.3 is 0 Å². The van der Waals surface area contributed by atoms with Crippen LogP contribution < -0.4 is 0 Å². The van der Waals surface area contributed by atoms with Crippen molar-refractivity contribution in [2.75, 3.05) is 0 Å². The minimum absolute atomic E-state index is 0.208. The molecule has 1 aromatic rings. The van der Waals surface area contributed by atoms with E-state index in [0.717, 1.165) is 12.0 Å². The molecule has 1 nitrogen and oxygen atoms in total. The summed E-state index contributed by atoms with van der Waals surface area (Å²) in [4.78, 5) is 11.7. The smallest absolute Gasteiger partial charge is 0.166 e. The third-order valence-electron chi connectivity index (χ3n) is 2.54. The van der Waals surface area contributed by atoms with Crippen molar-refractivity contribution >= 4 is 5.78 Å². The van der Waals surface area contributed by atoms with Crippen LogP contribution in [0.5, 0.6) is 0 Å². The standard InChI is InChI=1S/C12H12O/c1-2-9-8-11(9)12(13)10-6-4-3-5-7-10/h2-7,9,11H,1,8H2. The molecule has 13 heavy (non-hydrogen) atoms. The van der Waals surface area contributed by atoms with Crippen LogP contribution in [0.4, 0.5) is 0 Å². The lowest BCUT2D eigenvalue weighted by Gasteiger charge is -1.97. The average molecular weight is 172 g/mol. The second-order valence-electron chi connectivity index (χ2n) is 3.47. The molecule has 0 aliphatic heterocycles. The van der Waals surface area contributed by atoms with Gasteiger partial charge in [0.1, 0.15) is 0 Å². The molecule has 0 spiro atoms. The van der Waals surface area contributed by atoms with E-state index >= 15 is 0 Å². The molecule has 2 unspecified atom stereocenters. The van der Waals surface area contributed by atoms with Crippen molar-refractivity contribution in [2.45, 2.75) is 6.42 Å². The van der Waals surface area contributed by atoms with E-state index in [1.807, 2.05) is 36.4 Å². The van der Waals surface area contributed by atoms with Gasteiger partial charge < -0.3 is 0 Å². The maximum atomic E-state index is 11.7. The van der Waals surface area contributed by atoms with Crippen LogP contribution in [0.2, 0.25) is 0 Å². The van der Waals surface area contributed by atoms with Gasteiger partial charge in [-0.05, 0) is 12.3 Å². The third-order valence-corrected chi connectivity index (χ3v) is 2.54. The molecule has 1 aromatic carbocycles. The summed E-state index contributed by atoms with van der Waals surface area (Å²) in [6, 6.07) is 9.48. The van der Waals surface area contributed by atoms with Gasteiger partial charge in [-0.15, -0.1) is 6.58 Å². The lowest BCUT2D eigenvalue weighted by molar-refractivity contribution is 0.0964. The van der Waals surface area contributed by atoms with Gasteiger partial charge in [0.15, 0.2) is 5.78 Å². The fraction of sp³-hybridized carbons (Fsp3) is 0.250. The highest BCUT2D eigenvalue weighted by Crippen LogP contribution is 2.41. The van der Waals surface area contributed by atoms with Crippen molar-refractivity contribution in [1.82, 2.24) is 0 Å². The van der Waals surface area contributed by atoms with Crippen LogP contribution in [-0.2, 0) is 0 Å². The van der Waals surface area contributed by atoms with Crippen molar-refractivity contribution < 1.29 is 4.79 Å². The van der Waals surface area contributed by atoms with E-state index in [4.69, 9.17) is 0 Å². The molecule has 0 radical (unpaired) electrons. The Morgan fingerprint density at radius 2 is 2.08 bits per heavy atom. The fourth-order valence-electron chi connectivity index (χ4n) is 1.59. The van der Waals surface area contributed by atoms with E-state index in [-0.39, 0.29) is 11.7 Å². The number of benzene rings is 1. The van der Waals surface area contributed by atoms with E-state index < -0.39 is 0 Å². The zero-order valence-electron chi connectivity index (χ0n) is 7.44. The van der Waals surface area contributed by atoms with Gasteiger partial charge in [-0.1, -0.05) is 36.4 Å². The first-order chi connectivity index (χ1) is 6.33. The molecule has 0 heterocycles. The molecule has 1 saturated carbocycles. The fourth-order valence-corrected chi connectivity index (χ4v) is 1.59. The Hall–Kier alpha value is -1.37. The number of hydrogen-bond donors (Lipinski definition) is 0. The second kappa shape index (κ2) is 3.17. The maximum absolute atomic E-state index is 11.7. The van der Waals surface area contributed by atoms with Gasteiger partial charge in [-0.2, -0.15) is 0 Å². The van der Waals surface area contributed by atoms with Crippen molar-refractivity contribution in [2.24, 2.45) is 11.8 Å². The summed E-state index contributed by atoms with van der Waals surface area (Å²) in [5, 5.41) is 0. The zero-order chi connectivity index (χ0) is 9.26. The Morgan fingerprint density at radius 3 is 2.62 bits per heavy atom. The largest absolute Gasteiger partial charge is 0.294 e. The van der Waals surface area contributed by atoms with E-state index in [1.54, 1.807) is 0 Å². The molecule has 0 bridgehead atoms. The summed E-state index contributed by atoms with van der Waals surface area (Å²) in [6.07, 6.45) is 2.86. The van der Waals surface area contributed by atoms with Gasteiger partial charge in [0.25, 0.3) is 0 Å². The van der Waals surface area contributed by atoms with Gasteiger partial charge in [0.2, 0.25) is 0 Å². The highest BCUT2D eigenvalue weighted by Gasteiger charge is 2.40. The summed E-state index contributed by atoms with van der Waals surface area (Å²) in [5.41, 5.74) is 0.830. The van der Waals surface area contributed by atoms with Crippen LogP contribution in [-0.4, -0.2) is 5.78 Å². The summed E-state index contributed by atoms with van der Waals surface area (Å²) >= 11 is 0. The normalized spacial score (nSPS) is 25.2. The summed E-state index contributed by atoms with van der Waals surface area (Å²) in [6.45, 7) is 3.70. The minimum Gasteiger partial charge on any atom is -0.294 e. The summed E-state index contributed by atoms with van der Waals surface area (Å²) < 4.78 is 0. The summed E-state index contributed by atoms with van der Waals surface area (Å²) in [5.74, 6) is 0.901. The number of hydrogen-bond acceptors (Lipinski definition) is 1. The number of ketones is 1. The summed E-state index contributed by atoms with van der Waals surface area (Å²) in [7, 11) is 0. The predicted octanol–water partition coefficient (Wildman–Crippen LogP) is 2.69. The Kier molecular flexibility index (Phi) is 2.01. The van der Waals surface area contributed by atoms with E-state index in [1.165, 1.54) is 0 Å². The highest BCUT2D eigenvalue weighted by atomic mass is 16.1. The molecule has 1 fully saturated rings. The number of carbonyl (C=O) groups excluding carboxylic acids is 1. The van der Waals surface area contributed by atoms with Crippen molar-refractivity contribution in [3.05, 3.63) is 48.6 Å². The quantitative estimate of drug-likeness (QED) is 0.506. The lowest BCUT2D eigenvalue weighted by Crippen LogP contribution is -2.02. The van der Waals surface area contributed by atoms with Crippen LogP contribution in [0.25, 0.3) is 0 Å². The molecule has 1 aliphatic carbocycles. The van der Waals surface area contributed by atoms with Crippen LogP contribution in [0.3, 0.4) is 0 Å². The van der Waals surface area contributed by atoms with Crippen molar-refractivity contribution in [3.63, 3.8) is 0 Å². The van der Waals surface area contributed by atoms with Gasteiger partial charge in [0, 0.05) is 11.5 Å². The molecule has 0 saturated heterocycles. The Labute approximate surface area is 78.1 Å². The molecular formula is C12H12O. The Balaban J connectivity index is 2.11. The number of rotatable bonds is 3. The molecule has 0 N–H and O–H groups in total. The third kappa shape index (κ3) is 1.55. The van der Waals surface area contributed by atoms with E-state index in [0.29, 0.717) is 5.92 Å². The molecule has 1 heteroatoms. The topological polar surface area (TPSA) is 17.1 Å². The first-order valence-corrected chi connectivity index (χ1v) is 4.54. The van der Waals surface area contributed by atoms with Crippen molar-refractivity contribution in [3.8, 4) is 0 Å². The van der Waals surface area contributed by atoms with Crippen LogP contribution in [0, 0.1) is 11.8 Å². The molecule has 2 rings (SSSR count). The monoisotopic (exact) mass is 172 g/mol. The van der Waals surface area contributed by atoms with E-state index in [9.17, 15) is 4.79 Å². The highest BCUT2D eigenvalue weighted by molar-refractivity contribution is 5.99. The minimum atomic E-state index is 0.208. The van der Waals surface area contributed by atoms with Crippen LogP contribution >= 0.6 is 0 Å². The number of allylic oxidation sites excluding steroid dienone is 1. The molecule has 66 valence electrons. The van der Waals surface area contributed by atoms with Gasteiger partial charge in [-0.25, -0.2) is 0 Å². The van der Waals surface area contributed by atoms with Gasteiger partial charge in [0.05, 0.1) is 0 Å². The van der Waals surface area contributed by atoms with Gasteiger partial charge in [-0.3, -0.25) is 4.79 Å². The first-order valence-electron chi connectivity index (χ1n) is 4.54. The molecule has 0 amide bonds. The first kappa shape index (κ1) is 8.24.